The van der Waals surface area contributed by atoms with Crippen molar-refractivity contribution < 1.29 is 32.6 Å². The lowest BCUT2D eigenvalue weighted by atomic mass is 9.93. The number of benzene rings is 1. The van der Waals surface area contributed by atoms with Crippen molar-refractivity contribution in [2.24, 2.45) is 5.92 Å². The van der Waals surface area contributed by atoms with Crippen LogP contribution in [-0.2, 0) is 15.8 Å². The number of amides is 1. The maximum Gasteiger partial charge on any atom is 0.416 e. The number of carboxylic acids is 1. The molecule has 1 aliphatic rings. The molecule has 0 unspecified atom stereocenters. The number of carbonyl (C=O) groups excluding carboxylic acids is 1. The highest BCUT2D eigenvalue weighted by atomic mass is 19.4. The van der Waals surface area contributed by atoms with E-state index in [1.54, 1.807) is 4.90 Å². The molecule has 1 atom stereocenters. The summed E-state index contributed by atoms with van der Waals surface area (Å²) >= 11 is 0. The van der Waals surface area contributed by atoms with Gasteiger partial charge in [-0.3, -0.25) is 9.59 Å². The molecule has 0 spiro atoms. The summed E-state index contributed by atoms with van der Waals surface area (Å²) in [5.74, 6) is -1.06. The van der Waals surface area contributed by atoms with Crippen LogP contribution in [0.15, 0.2) is 24.3 Å². The van der Waals surface area contributed by atoms with E-state index >= 15 is 0 Å². The molecule has 1 saturated heterocycles. The van der Waals surface area contributed by atoms with E-state index in [1.807, 2.05) is 0 Å². The number of carbonyl (C=O) groups is 2. The minimum absolute atomic E-state index is 0.0115. The molecule has 1 amide bonds. The molecular formula is C17H20F3NO4. The molecule has 0 saturated carbocycles. The van der Waals surface area contributed by atoms with Gasteiger partial charge in [-0.1, -0.05) is 6.07 Å². The van der Waals surface area contributed by atoms with E-state index < -0.39 is 17.7 Å². The van der Waals surface area contributed by atoms with Crippen LogP contribution in [0.1, 0.15) is 31.2 Å². The van der Waals surface area contributed by atoms with Gasteiger partial charge in [0.1, 0.15) is 5.75 Å². The van der Waals surface area contributed by atoms with Crippen molar-refractivity contribution in [2.75, 3.05) is 19.7 Å². The molecule has 1 aliphatic heterocycles. The normalized spacial score (nSPS) is 18.0. The van der Waals surface area contributed by atoms with E-state index in [0.717, 1.165) is 25.0 Å². The van der Waals surface area contributed by atoms with E-state index in [2.05, 4.69) is 0 Å². The van der Waals surface area contributed by atoms with Crippen molar-refractivity contribution in [2.45, 2.75) is 31.9 Å². The van der Waals surface area contributed by atoms with E-state index in [4.69, 9.17) is 9.84 Å². The molecule has 1 fully saturated rings. The quantitative estimate of drug-likeness (QED) is 0.847. The SMILES string of the molecule is O=C(O)CC[C@@H]1CCCN(C(=O)COc2cccc(C(F)(F)F)c2)C1. The summed E-state index contributed by atoms with van der Waals surface area (Å²) in [6.07, 6.45) is -2.25. The Bertz CT molecular complexity index is 618. The monoisotopic (exact) mass is 359 g/mol. The zero-order valence-corrected chi connectivity index (χ0v) is 13.6. The maximum absolute atomic E-state index is 12.7. The molecule has 0 bridgehead atoms. The van der Waals surface area contributed by atoms with Crippen molar-refractivity contribution in [3.63, 3.8) is 0 Å². The molecule has 0 aromatic heterocycles. The van der Waals surface area contributed by atoms with Crippen LogP contribution in [0.25, 0.3) is 0 Å². The molecule has 0 aliphatic carbocycles. The van der Waals surface area contributed by atoms with E-state index in [0.29, 0.717) is 19.5 Å². The van der Waals surface area contributed by atoms with Crippen molar-refractivity contribution in [1.82, 2.24) is 4.90 Å². The molecule has 1 aromatic carbocycles. The number of hydrogen-bond donors (Lipinski definition) is 1. The lowest BCUT2D eigenvalue weighted by molar-refractivity contribution is -0.138. The largest absolute Gasteiger partial charge is 0.484 e. The molecule has 2 rings (SSSR count). The highest BCUT2D eigenvalue weighted by Crippen LogP contribution is 2.31. The molecule has 1 aromatic rings. The fourth-order valence-corrected chi connectivity index (χ4v) is 2.85. The first kappa shape index (κ1) is 19.1. The van der Waals surface area contributed by atoms with Crippen LogP contribution in [0, 0.1) is 5.92 Å². The Morgan fingerprint density at radius 3 is 2.76 bits per heavy atom. The van der Waals surface area contributed by atoms with Crippen molar-refractivity contribution in [3.8, 4) is 5.75 Å². The minimum atomic E-state index is -4.46. The van der Waals surface area contributed by atoms with Gasteiger partial charge in [-0.2, -0.15) is 13.2 Å². The van der Waals surface area contributed by atoms with Crippen molar-refractivity contribution >= 4 is 11.9 Å². The second-order valence-electron chi connectivity index (χ2n) is 6.09. The van der Waals surface area contributed by atoms with E-state index in [-0.39, 0.29) is 30.6 Å². The molecular weight excluding hydrogens is 339 g/mol. The van der Waals surface area contributed by atoms with Gasteiger partial charge in [0.2, 0.25) is 0 Å². The summed E-state index contributed by atoms with van der Waals surface area (Å²) in [4.78, 5) is 24.4. The van der Waals surface area contributed by atoms with Crippen molar-refractivity contribution in [3.05, 3.63) is 29.8 Å². The average molecular weight is 359 g/mol. The number of ether oxygens (including phenoxy) is 1. The Labute approximate surface area is 143 Å². The number of piperidine rings is 1. The average Bonchev–Trinajstić information content (AvgIpc) is 2.57. The standard InChI is InChI=1S/C17H20F3NO4/c18-17(19,20)13-4-1-5-14(9-13)25-11-15(22)21-8-2-3-12(10-21)6-7-16(23)24/h1,4-5,9,12H,2-3,6-8,10-11H2,(H,23,24)/t12-/m0/s1. The summed E-state index contributed by atoms with van der Waals surface area (Å²) in [5.41, 5.74) is -0.829. The summed E-state index contributed by atoms with van der Waals surface area (Å²) < 4.78 is 43.2. The third-order valence-corrected chi connectivity index (χ3v) is 4.16. The van der Waals surface area contributed by atoms with Gasteiger partial charge in [-0.25, -0.2) is 0 Å². The number of likely N-dealkylation sites (tertiary alicyclic amines) is 1. The Morgan fingerprint density at radius 1 is 1.32 bits per heavy atom. The Kier molecular flexibility index (Phi) is 6.27. The second-order valence-corrected chi connectivity index (χ2v) is 6.09. The van der Waals surface area contributed by atoms with Crippen LogP contribution in [0.3, 0.4) is 0 Å². The smallest absolute Gasteiger partial charge is 0.416 e. The van der Waals surface area contributed by atoms with Gasteiger partial charge in [0, 0.05) is 19.5 Å². The number of alkyl halides is 3. The Hall–Kier alpha value is -2.25. The minimum Gasteiger partial charge on any atom is -0.484 e. The molecule has 1 N–H and O–H groups in total. The summed E-state index contributed by atoms with van der Waals surface area (Å²) in [5, 5.41) is 8.73. The van der Waals surface area contributed by atoms with E-state index in [9.17, 15) is 22.8 Å². The van der Waals surface area contributed by atoms with Crippen molar-refractivity contribution in [1.29, 1.82) is 0 Å². The first-order chi connectivity index (χ1) is 11.8. The number of aliphatic carboxylic acids is 1. The van der Waals surface area contributed by atoms with Gasteiger partial charge in [0.25, 0.3) is 5.91 Å². The van der Waals surface area contributed by atoms with E-state index in [1.165, 1.54) is 12.1 Å². The fraction of sp³-hybridized carbons (Fsp3) is 0.529. The van der Waals surface area contributed by atoms with Crippen LogP contribution in [0.5, 0.6) is 5.75 Å². The van der Waals surface area contributed by atoms with Crippen LogP contribution in [-0.4, -0.2) is 41.6 Å². The Morgan fingerprint density at radius 2 is 2.08 bits per heavy atom. The zero-order chi connectivity index (χ0) is 18.4. The lowest BCUT2D eigenvalue weighted by Crippen LogP contribution is -2.42. The topological polar surface area (TPSA) is 66.8 Å². The molecule has 5 nitrogen and oxygen atoms in total. The van der Waals surface area contributed by atoms with Crippen LogP contribution in [0.2, 0.25) is 0 Å². The molecule has 1 heterocycles. The lowest BCUT2D eigenvalue weighted by Gasteiger charge is -2.32. The highest BCUT2D eigenvalue weighted by Gasteiger charge is 2.30. The molecule has 25 heavy (non-hydrogen) atoms. The predicted molar refractivity (Wildman–Crippen MR) is 83.1 cm³/mol. The number of carboxylic acid groups (broad SMARTS) is 1. The van der Waals surface area contributed by atoms with Gasteiger partial charge < -0.3 is 14.7 Å². The molecule has 0 radical (unpaired) electrons. The van der Waals surface area contributed by atoms with Crippen LogP contribution < -0.4 is 4.74 Å². The first-order valence-electron chi connectivity index (χ1n) is 8.05. The van der Waals surface area contributed by atoms with Gasteiger partial charge in [-0.05, 0) is 43.4 Å². The summed E-state index contributed by atoms with van der Waals surface area (Å²) in [6, 6.07) is 4.39. The predicted octanol–water partition coefficient (Wildman–Crippen LogP) is 3.19. The van der Waals surface area contributed by atoms with Gasteiger partial charge in [0.15, 0.2) is 6.61 Å². The second kappa shape index (κ2) is 8.22. The zero-order valence-electron chi connectivity index (χ0n) is 13.6. The number of halogens is 3. The fourth-order valence-electron chi connectivity index (χ4n) is 2.85. The molecule has 138 valence electrons. The summed E-state index contributed by atoms with van der Waals surface area (Å²) in [7, 11) is 0. The maximum atomic E-state index is 12.7. The van der Waals surface area contributed by atoms with Gasteiger partial charge in [-0.15, -0.1) is 0 Å². The van der Waals surface area contributed by atoms with Crippen LogP contribution in [0.4, 0.5) is 13.2 Å². The summed E-state index contributed by atoms with van der Waals surface area (Å²) in [6.45, 7) is 0.666. The highest BCUT2D eigenvalue weighted by molar-refractivity contribution is 5.77. The van der Waals surface area contributed by atoms with Gasteiger partial charge in [0.05, 0.1) is 5.56 Å². The number of nitrogens with zero attached hydrogens (tertiary/aromatic N) is 1. The van der Waals surface area contributed by atoms with Gasteiger partial charge >= 0.3 is 12.1 Å². The van der Waals surface area contributed by atoms with Crippen LogP contribution >= 0.6 is 0 Å². The Balaban J connectivity index is 1.86. The number of rotatable bonds is 6. The third kappa shape index (κ3) is 5.95. The number of hydrogen-bond acceptors (Lipinski definition) is 3. The third-order valence-electron chi connectivity index (χ3n) is 4.16. The molecule has 8 heteroatoms. The first-order valence-corrected chi connectivity index (χ1v) is 8.05.